The van der Waals surface area contributed by atoms with E-state index in [0.29, 0.717) is 5.56 Å². The number of hydrogen-bond donors (Lipinski definition) is 1. The number of rotatable bonds is 6. The Morgan fingerprint density at radius 1 is 1.10 bits per heavy atom. The molecule has 0 radical (unpaired) electrons. The first-order valence-electron chi connectivity index (χ1n) is 10.3. The van der Waals surface area contributed by atoms with Crippen molar-refractivity contribution in [1.29, 1.82) is 0 Å². The summed E-state index contributed by atoms with van der Waals surface area (Å²) in [6.07, 6.45) is 5.87. The molecule has 1 N–H and O–H groups in total. The van der Waals surface area contributed by atoms with E-state index in [4.69, 9.17) is 0 Å². The Morgan fingerprint density at radius 2 is 1.79 bits per heavy atom. The van der Waals surface area contributed by atoms with Crippen LogP contribution in [0, 0.1) is 6.92 Å². The van der Waals surface area contributed by atoms with Crippen LogP contribution in [-0.2, 0) is 16.4 Å². The molecule has 0 heterocycles. The van der Waals surface area contributed by atoms with Crippen molar-refractivity contribution in [1.82, 2.24) is 4.31 Å². The quantitative estimate of drug-likeness (QED) is 0.741. The largest absolute Gasteiger partial charge is 0.321 e. The molecule has 29 heavy (non-hydrogen) atoms. The van der Waals surface area contributed by atoms with Crippen LogP contribution in [0.1, 0.15) is 60.5 Å². The summed E-state index contributed by atoms with van der Waals surface area (Å²) in [7, 11) is -1.98. The third-order valence-corrected chi connectivity index (χ3v) is 7.75. The Kier molecular flexibility index (Phi) is 6.75. The van der Waals surface area contributed by atoms with Crippen LogP contribution in [0.5, 0.6) is 0 Å². The van der Waals surface area contributed by atoms with Gasteiger partial charge in [-0.05, 0) is 55.5 Å². The summed E-state index contributed by atoms with van der Waals surface area (Å²) in [6.45, 7) is 3.99. The zero-order valence-corrected chi connectivity index (χ0v) is 18.3. The fourth-order valence-electron chi connectivity index (χ4n) is 3.99. The highest BCUT2D eigenvalue weighted by molar-refractivity contribution is 7.89. The predicted octanol–water partition coefficient (Wildman–Crippen LogP) is 4.76. The maximum atomic E-state index is 13.1. The summed E-state index contributed by atoms with van der Waals surface area (Å²) in [4.78, 5) is 13.0. The molecule has 2 aromatic carbocycles. The number of amides is 1. The lowest BCUT2D eigenvalue weighted by atomic mass is 9.96. The second-order valence-corrected chi connectivity index (χ2v) is 9.76. The van der Waals surface area contributed by atoms with Gasteiger partial charge in [-0.1, -0.05) is 50.5 Å². The van der Waals surface area contributed by atoms with E-state index in [2.05, 4.69) is 5.32 Å². The van der Waals surface area contributed by atoms with Gasteiger partial charge in [0.25, 0.3) is 5.91 Å². The Bertz CT molecular complexity index is 979. The van der Waals surface area contributed by atoms with E-state index in [1.54, 1.807) is 25.2 Å². The summed E-state index contributed by atoms with van der Waals surface area (Å²) in [6, 6.07) is 12.3. The van der Waals surface area contributed by atoms with Gasteiger partial charge in [0.1, 0.15) is 0 Å². The SMILES string of the molecule is CCc1cccc(C)c1NC(=O)c1cccc(S(=O)(=O)N(C)C2CCCCC2)c1. The Hall–Kier alpha value is -2.18. The van der Waals surface area contributed by atoms with Crippen LogP contribution in [0.3, 0.4) is 0 Å². The Morgan fingerprint density at radius 3 is 2.48 bits per heavy atom. The smallest absolute Gasteiger partial charge is 0.255 e. The molecule has 0 bridgehead atoms. The van der Waals surface area contributed by atoms with Crippen LogP contribution >= 0.6 is 0 Å². The summed E-state index contributed by atoms with van der Waals surface area (Å²) in [5, 5.41) is 2.97. The van der Waals surface area contributed by atoms with E-state index in [1.165, 1.54) is 16.8 Å². The lowest BCUT2D eigenvalue weighted by Crippen LogP contribution is -2.38. The zero-order chi connectivity index (χ0) is 21.0. The van der Waals surface area contributed by atoms with E-state index >= 15 is 0 Å². The molecule has 1 aliphatic rings. The van der Waals surface area contributed by atoms with Gasteiger partial charge >= 0.3 is 0 Å². The Balaban J connectivity index is 1.84. The summed E-state index contributed by atoms with van der Waals surface area (Å²) < 4.78 is 27.7. The number of carbonyl (C=O) groups excluding carboxylic acids is 1. The van der Waals surface area contributed by atoms with Crippen molar-refractivity contribution in [3.63, 3.8) is 0 Å². The number of nitrogens with zero attached hydrogens (tertiary/aromatic N) is 1. The second kappa shape index (κ2) is 9.09. The third-order valence-electron chi connectivity index (χ3n) is 5.84. The molecule has 0 atom stereocenters. The minimum atomic E-state index is -3.64. The first kappa shape index (κ1) is 21.5. The second-order valence-electron chi connectivity index (χ2n) is 7.76. The molecule has 1 fully saturated rings. The minimum absolute atomic E-state index is 0.0327. The molecule has 5 nitrogen and oxygen atoms in total. The first-order chi connectivity index (χ1) is 13.8. The van der Waals surface area contributed by atoms with Crippen LogP contribution in [0.4, 0.5) is 5.69 Å². The van der Waals surface area contributed by atoms with E-state index in [-0.39, 0.29) is 16.8 Å². The summed E-state index contributed by atoms with van der Waals surface area (Å²) in [5.41, 5.74) is 3.18. The number of carbonyl (C=O) groups is 1. The molecule has 0 saturated heterocycles. The van der Waals surface area contributed by atoms with Crippen molar-refractivity contribution in [2.45, 2.75) is 63.3 Å². The van der Waals surface area contributed by atoms with Crippen LogP contribution < -0.4 is 5.32 Å². The molecule has 0 spiro atoms. The van der Waals surface area contributed by atoms with Crippen molar-refractivity contribution in [3.05, 3.63) is 59.2 Å². The molecule has 1 saturated carbocycles. The van der Waals surface area contributed by atoms with E-state index in [1.807, 2.05) is 32.0 Å². The van der Waals surface area contributed by atoms with Crippen LogP contribution in [0.15, 0.2) is 47.4 Å². The van der Waals surface area contributed by atoms with Crippen LogP contribution in [0.2, 0.25) is 0 Å². The molecule has 0 unspecified atom stereocenters. The fourth-order valence-corrected chi connectivity index (χ4v) is 5.45. The van der Waals surface area contributed by atoms with Gasteiger partial charge in [0.2, 0.25) is 10.0 Å². The van der Waals surface area contributed by atoms with E-state index in [9.17, 15) is 13.2 Å². The number of hydrogen-bond acceptors (Lipinski definition) is 3. The van der Waals surface area contributed by atoms with Crippen molar-refractivity contribution >= 4 is 21.6 Å². The highest BCUT2D eigenvalue weighted by Gasteiger charge is 2.29. The topological polar surface area (TPSA) is 66.5 Å². The third kappa shape index (κ3) is 4.70. The van der Waals surface area contributed by atoms with Crippen molar-refractivity contribution in [2.75, 3.05) is 12.4 Å². The molecule has 0 aromatic heterocycles. The standard InChI is InChI=1S/C23H30N2O3S/c1-4-18-11-8-10-17(2)22(18)24-23(26)19-12-9-15-21(16-19)29(27,28)25(3)20-13-6-5-7-14-20/h8-12,15-16,20H,4-7,13-14H2,1-3H3,(H,24,26). The highest BCUT2D eigenvalue weighted by atomic mass is 32.2. The molecule has 1 aliphatic carbocycles. The van der Waals surface area contributed by atoms with Gasteiger partial charge in [-0.3, -0.25) is 4.79 Å². The lowest BCUT2D eigenvalue weighted by Gasteiger charge is -2.30. The lowest BCUT2D eigenvalue weighted by molar-refractivity contribution is 0.102. The van der Waals surface area contributed by atoms with Gasteiger partial charge in [0.05, 0.1) is 4.90 Å². The van der Waals surface area contributed by atoms with Crippen molar-refractivity contribution < 1.29 is 13.2 Å². The molecular weight excluding hydrogens is 384 g/mol. The zero-order valence-electron chi connectivity index (χ0n) is 17.4. The highest BCUT2D eigenvalue weighted by Crippen LogP contribution is 2.27. The molecule has 3 rings (SSSR count). The first-order valence-corrected chi connectivity index (χ1v) is 11.8. The normalized spacial score (nSPS) is 15.4. The molecule has 156 valence electrons. The predicted molar refractivity (Wildman–Crippen MR) is 117 cm³/mol. The van der Waals surface area contributed by atoms with Gasteiger partial charge in [-0.2, -0.15) is 4.31 Å². The number of para-hydroxylation sites is 1. The van der Waals surface area contributed by atoms with Gasteiger partial charge < -0.3 is 5.32 Å². The number of sulfonamides is 1. The molecule has 2 aromatic rings. The average Bonchev–Trinajstić information content (AvgIpc) is 2.75. The van der Waals surface area contributed by atoms with Gasteiger partial charge in [-0.15, -0.1) is 0 Å². The van der Waals surface area contributed by atoms with Crippen LogP contribution in [0.25, 0.3) is 0 Å². The van der Waals surface area contributed by atoms with E-state index in [0.717, 1.165) is 48.9 Å². The Labute approximate surface area is 174 Å². The minimum Gasteiger partial charge on any atom is -0.321 e. The number of benzene rings is 2. The molecule has 0 aliphatic heterocycles. The molecular formula is C23H30N2O3S. The van der Waals surface area contributed by atoms with Gasteiger partial charge in [-0.25, -0.2) is 8.42 Å². The van der Waals surface area contributed by atoms with Gasteiger partial charge in [0, 0.05) is 24.3 Å². The maximum Gasteiger partial charge on any atom is 0.255 e. The fraction of sp³-hybridized carbons (Fsp3) is 0.435. The number of anilines is 1. The summed E-state index contributed by atoms with van der Waals surface area (Å²) in [5.74, 6) is -0.300. The molecule has 6 heteroatoms. The van der Waals surface area contributed by atoms with Gasteiger partial charge in [0.15, 0.2) is 0 Å². The molecule has 1 amide bonds. The van der Waals surface area contributed by atoms with Crippen molar-refractivity contribution in [2.24, 2.45) is 0 Å². The van der Waals surface area contributed by atoms with E-state index < -0.39 is 10.0 Å². The monoisotopic (exact) mass is 414 g/mol. The maximum absolute atomic E-state index is 13.1. The average molecular weight is 415 g/mol. The van der Waals surface area contributed by atoms with Crippen molar-refractivity contribution in [3.8, 4) is 0 Å². The number of nitrogens with one attached hydrogen (secondary N) is 1. The van der Waals surface area contributed by atoms with Crippen LogP contribution in [-0.4, -0.2) is 31.7 Å². The number of aryl methyl sites for hydroxylation is 2. The summed E-state index contributed by atoms with van der Waals surface area (Å²) >= 11 is 0.